The van der Waals surface area contributed by atoms with Crippen molar-refractivity contribution in [1.29, 1.82) is 0 Å². The largest absolute Gasteiger partial charge is 0.0628 e. The van der Waals surface area contributed by atoms with Crippen LogP contribution >= 0.6 is 0 Å². The smallest absolute Gasteiger partial charge is 0.0326 e. The Hall–Kier alpha value is 0. The van der Waals surface area contributed by atoms with E-state index in [0.29, 0.717) is 5.41 Å². The summed E-state index contributed by atoms with van der Waals surface area (Å²) in [5.74, 6) is 2.56. The van der Waals surface area contributed by atoms with Gasteiger partial charge in [-0.2, -0.15) is 0 Å². The van der Waals surface area contributed by atoms with E-state index in [4.69, 9.17) is 0 Å². The molecule has 0 aliphatic carbocycles. The van der Waals surface area contributed by atoms with Gasteiger partial charge in [0.15, 0.2) is 0 Å². The summed E-state index contributed by atoms with van der Waals surface area (Å²) in [5, 5.41) is 0. The van der Waals surface area contributed by atoms with Crippen molar-refractivity contribution in [2.45, 2.75) is 87.0 Å². The second kappa shape index (κ2) is 8.16. The van der Waals surface area contributed by atoms with Crippen LogP contribution in [0.25, 0.3) is 0 Å². The third-order valence-electron chi connectivity index (χ3n) is 3.98. The van der Waals surface area contributed by atoms with Crippen molar-refractivity contribution in [2.75, 3.05) is 0 Å². The Labute approximate surface area is 111 Å². The molecular formula is C17H36. The lowest BCUT2D eigenvalue weighted by Gasteiger charge is -2.32. The molecule has 0 spiro atoms. The van der Waals surface area contributed by atoms with E-state index < -0.39 is 0 Å². The molecule has 0 unspecified atom stereocenters. The van der Waals surface area contributed by atoms with Gasteiger partial charge in [0.2, 0.25) is 0 Å². The van der Waals surface area contributed by atoms with Gasteiger partial charge in [0.05, 0.1) is 0 Å². The van der Waals surface area contributed by atoms with Crippen molar-refractivity contribution in [3.63, 3.8) is 0 Å². The Bertz CT molecular complexity index is 145. The lowest BCUT2D eigenvalue weighted by molar-refractivity contribution is 0.201. The van der Waals surface area contributed by atoms with Crippen molar-refractivity contribution >= 4 is 0 Å². The van der Waals surface area contributed by atoms with Gasteiger partial charge in [0, 0.05) is 0 Å². The molecule has 0 heteroatoms. The molecule has 0 heterocycles. The van der Waals surface area contributed by atoms with E-state index in [9.17, 15) is 0 Å². The van der Waals surface area contributed by atoms with E-state index >= 15 is 0 Å². The summed E-state index contributed by atoms with van der Waals surface area (Å²) in [7, 11) is 0. The maximum Gasteiger partial charge on any atom is -0.0326 e. The second-order valence-corrected chi connectivity index (χ2v) is 7.61. The topological polar surface area (TPSA) is 0 Å². The molecule has 17 heavy (non-hydrogen) atoms. The maximum absolute atomic E-state index is 2.53. The van der Waals surface area contributed by atoms with Crippen LogP contribution in [-0.2, 0) is 0 Å². The second-order valence-electron chi connectivity index (χ2n) is 7.61. The molecule has 0 aromatic heterocycles. The molecule has 0 saturated heterocycles. The van der Waals surface area contributed by atoms with Crippen LogP contribution < -0.4 is 0 Å². The summed E-state index contributed by atoms with van der Waals surface area (Å²) in [6.45, 7) is 16.6. The molecule has 0 bridgehead atoms. The predicted molar refractivity (Wildman–Crippen MR) is 80.3 cm³/mol. The van der Waals surface area contributed by atoms with Crippen molar-refractivity contribution in [1.82, 2.24) is 0 Å². The van der Waals surface area contributed by atoms with Gasteiger partial charge < -0.3 is 0 Å². The number of rotatable bonds is 9. The highest BCUT2D eigenvalue weighted by molar-refractivity contribution is 4.76. The number of hydrogen-bond acceptors (Lipinski definition) is 0. The van der Waals surface area contributed by atoms with E-state index in [2.05, 4.69) is 48.5 Å². The summed E-state index contributed by atoms with van der Waals surface area (Å²) < 4.78 is 0. The highest BCUT2D eigenvalue weighted by Crippen LogP contribution is 2.37. The van der Waals surface area contributed by atoms with Gasteiger partial charge in [-0.15, -0.1) is 0 Å². The van der Waals surface area contributed by atoms with Crippen LogP contribution in [0.5, 0.6) is 0 Å². The molecule has 0 nitrogen and oxygen atoms in total. The van der Waals surface area contributed by atoms with Gasteiger partial charge in [-0.3, -0.25) is 0 Å². The molecule has 104 valence electrons. The van der Waals surface area contributed by atoms with Crippen LogP contribution in [0, 0.1) is 23.2 Å². The first kappa shape index (κ1) is 17.0. The summed E-state index contributed by atoms with van der Waals surface area (Å²) in [6.07, 6.45) is 8.45. The van der Waals surface area contributed by atoms with Gasteiger partial charge in [-0.05, 0) is 42.4 Å². The fourth-order valence-electron chi connectivity index (χ4n) is 2.29. The SMILES string of the molecule is CC(C)CCC(C)(CCC(C)C)CCC(C)C. The minimum absolute atomic E-state index is 0.596. The van der Waals surface area contributed by atoms with E-state index in [0.717, 1.165) is 17.8 Å². The highest BCUT2D eigenvalue weighted by Gasteiger charge is 2.24. The van der Waals surface area contributed by atoms with E-state index in [1.54, 1.807) is 0 Å². The predicted octanol–water partition coefficient (Wildman–Crippen LogP) is 6.30. The molecule has 0 atom stereocenters. The first-order valence-electron chi connectivity index (χ1n) is 7.75. The van der Waals surface area contributed by atoms with Crippen LogP contribution in [0.4, 0.5) is 0 Å². The molecule has 0 N–H and O–H groups in total. The van der Waals surface area contributed by atoms with Crippen molar-refractivity contribution in [3.8, 4) is 0 Å². The molecule has 0 aromatic carbocycles. The van der Waals surface area contributed by atoms with Crippen LogP contribution in [0.1, 0.15) is 87.0 Å². The Kier molecular flexibility index (Phi) is 8.16. The Morgan fingerprint density at radius 1 is 0.588 bits per heavy atom. The normalized spacial score (nSPS) is 13.1. The minimum Gasteiger partial charge on any atom is -0.0628 e. The fourth-order valence-corrected chi connectivity index (χ4v) is 2.29. The Morgan fingerprint density at radius 3 is 1.00 bits per heavy atom. The van der Waals surface area contributed by atoms with Gasteiger partial charge in [0.1, 0.15) is 0 Å². The fraction of sp³-hybridized carbons (Fsp3) is 1.00. The first-order chi connectivity index (χ1) is 7.75. The summed E-state index contributed by atoms with van der Waals surface area (Å²) in [6, 6.07) is 0. The van der Waals surface area contributed by atoms with Crippen LogP contribution in [-0.4, -0.2) is 0 Å². The highest BCUT2D eigenvalue weighted by atomic mass is 14.3. The lowest BCUT2D eigenvalue weighted by atomic mass is 9.74. The third kappa shape index (κ3) is 9.68. The van der Waals surface area contributed by atoms with Gasteiger partial charge in [-0.25, -0.2) is 0 Å². The molecule has 0 rings (SSSR count). The zero-order valence-electron chi connectivity index (χ0n) is 13.5. The van der Waals surface area contributed by atoms with E-state index in [1.807, 2.05) is 0 Å². The molecule has 0 aromatic rings. The Balaban J connectivity index is 4.23. The van der Waals surface area contributed by atoms with Gasteiger partial charge in [-0.1, -0.05) is 67.7 Å². The Morgan fingerprint density at radius 2 is 0.824 bits per heavy atom. The third-order valence-corrected chi connectivity index (χ3v) is 3.98. The zero-order chi connectivity index (χ0) is 13.5. The van der Waals surface area contributed by atoms with Crippen LogP contribution in [0.3, 0.4) is 0 Å². The molecule has 0 aliphatic heterocycles. The molecule has 0 radical (unpaired) electrons. The standard InChI is InChI=1S/C17H36/c1-14(2)8-11-17(7,12-9-15(3)4)13-10-16(5)6/h14-16H,8-13H2,1-7H3. The maximum atomic E-state index is 2.53. The molecule has 0 amide bonds. The van der Waals surface area contributed by atoms with Gasteiger partial charge in [0.25, 0.3) is 0 Å². The molecule has 0 fully saturated rings. The van der Waals surface area contributed by atoms with Crippen molar-refractivity contribution in [2.24, 2.45) is 23.2 Å². The van der Waals surface area contributed by atoms with E-state index in [-0.39, 0.29) is 0 Å². The summed E-state index contributed by atoms with van der Waals surface area (Å²) in [5.41, 5.74) is 0.596. The monoisotopic (exact) mass is 240 g/mol. The van der Waals surface area contributed by atoms with Crippen molar-refractivity contribution in [3.05, 3.63) is 0 Å². The summed E-state index contributed by atoms with van der Waals surface area (Å²) in [4.78, 5) is 0. The van der Waals surface area contributed by atoms with E-state index in [1.165, 1.54) is 38.5 Å². The average molecular weight is 240 g/mol. The number of hydrogen-bond donors (Lipinski definition) is 0. The first-order valence-corrected chi connectivity index (χ1v) is 7.75. The van der Waals surface area contributed by atoms with Crippen LogP contribution in [0.15, 0.2) is 0 Å². The minimum atomic E-state index is 0.596. The lowest BCUT2D eigenvalue weighted by Crippen LogP contribution is -2.19. The quantitative estimate of drug-likeness (QED) is 0.443. The molecule has 0 saturated carbocycles. The zero-order valence-corrected chi connectivity index (χ0v) is 13.5. The summed E-state index contributed by atoms with van der Waals surface area (Å²) >= 11 is 0. The van der Waals surface area contributed by atoms with Crippen LogP contribution in [0.2, 0.25) is 0 Å². The van der Waals surface area contributed by atoms with Crippen molar-refractivity contribution < 1.29 is 0 Å². The average Bonchev–Trinajstić information content (AvgIpc) is 2.21. The van der Waals surface area contributed by atoms with Gasteiger partial charge >= 0.3 is 0 Å². The molecular weight excluding hydrogens is 204 g/mol. The molecule has 0 aliphatic rings.